The highest BCUT2D eigenvalue weighted by atomic mass is 14.7. The number of fused-ring (bicyclic) bond motifs is 1. The van der Waals surface area contributed by atoms with E-state index in [2.05, 4.69) is 91.4 Å². The smallest absolute Gasteiger partial charge is 0.0459 e. The summed E-state index contributed by atoms with van der Waals surface area (Å²) in [4.78, 5) is 8.17. The zero-order valence-electron chi connectivity index (χ0n) is 16.2. The van der Waals surface area contributed by atoms with Gasteiger partial charge in [0, 0.05) is 40.8 Å². The third-order valence-corrected chi connectivity index (χ3v) is 5.44. The molecule has 0 saturated heterocycles. The lowest BCUT2D eigenvalue weighted by Crippen LogP contribution is -2.07. The Morgan fingerprint density at radius 1 is 0.852 bits per heavy atom. The Morgan fingerprint density at radius 2 is 1.56 bits per heavy atom. The molecule has 0 radical (unpaired) electrons. The third kappa shape index (κ3) is 3.52. The number of para-hydroxylation sites is 1. The lowest BCUT2D eigenvalue weighted by Gasteiger charge is -2.19. The molecule has 0 aliphatic carbocycles. The molecule has 0 aliphatic heterocycles. The first kappa shape index (κ1) is 17.5. The molecular weight excluding hydrogens is 328 g/mol. The maximum absolute atomic E-state index is 4.60. The molecule has 4 rings (SSSR count). The fraction of sp³-hybridized carbons (Fsp3) is 0.240. The van der Waals surface area contributed by atoms with Gasteiger partial charge in [0.05, 0.1) is 0 Å². The van der Waals surface area contributed by atoms with E-state index in [1.807, 2.05) is 12.3 Å². The molecule has 4 aromatic rings. The zero-order chi connectivity index (χ0) is 18.8. The Kier molecular flexibility index (Phi) is 4.81. The second-order valence-corrected chi connectivity index (χ2v) is 7.61. The van der Waals surface area contributed by atoms with Gasteiger partial charge in [-0.2, -0.15) is 0 Å². The van der Waals surface area contributed by atoms with Crippen LogP contribution < -0.4 is 0 Å². The van der Waals surface area contributed by atoms with Crippen LogP contribution in [0.2, 0.25) is 0 Å². The number of aryl methyl sites for hydroxylation is 1. The van der Waals surface area contributed by atoms with E-state index in [-0.39, 0.29) is 5.92 Å². The lowest BCUT2D eigenvalue weighted by molar-refractivity contribution is 0.779. The van der Waals surface area contributed by atoms with Gasteiger partial charge in [-0.15, -0.1) is 0 Å². The van der Waals surface area contributed by atoms with Crippen LogP contribution in [0.1, 0.15) is 53.8 Å². The predicted molar refractivity (Wildman–Crippen MR) is 113 cm³/mol. The number of rotatable bonds is 5. The quantitative estimate of drug-likeness (QED) is 0.443. The van der Waals surface area contributed by atoms with Crippen LogP contribution in [-0.4, -0.2) is 9.97 Å². The van der Waals surface area contributed by atoms with Crippen molar-refractivity contribution in [1.29, 1.82) is 0 Å². The van der Waals surface area contributed by atoms with Crippen molar-refractivity contribution in [3.05, 3.63) is 101 Å². The van der Waals surface area contributed by atoms with Crippen molar-refractivity contribution in [2.45, 2.75) is 39.0 Å². The van der Waals surface area contributed by atoms with E-state index in [1.165, 1.54) is 33.3 Å². The van der Waals surface area contributed by atoms with Crippen LogP contribution in [0.25, 0.3) is 10.9 Å². The third-order valence-electron chi connectivity index (χ3n) is 5.44. The number of nitrogens with one attached hydrogen (secondary N) is 1. The van der Waals surface area contributed by atoms with E-state index >= 15 is 0 Å². The van der Waals surface area contributed by atoms with Gasteiger partial charge >= 0.3 is 0 Å². The Morgan fingerprint density at radius 3 is 2.26 bits per heavy atom. The van der Waals surface area contributed by atoms with Crippen LogP contribution in [0.4, 0.5) is 0 Å². The molecule has 2 aromatic carbocycles. The Balaban J connectivity index is 1.83. The molecule has 0 fully saturated rings. The lowest BCUT2D eigenvalue weighted by atomic mass is 9.84. The van der Waals surface area contributed by atoms with Gasteiger partial charge in [0.25, 0.3) is 0 Å². The zero-order valence-corrected chi connectivity index (χ0v) is 16.2. The number of hydrogen-bond acceptors (Lipinski definition) is 1. The highest BCUT2D eigenvalue weighted by Gasteiger charge is 2.22. The van der Waals surface area contributed by atoms with Crippen molar-refractivity contribution in [2.24, 2.45) is 0 Å². The van der Waals surface area contributed by atoms with Gasteiger partial charge in [-0.1, -0.05) is 62.4 Å². The summed E-state index contributed by atoms with van der Waals surface area (Å²) in [5, 5.41) is 1.31. The maximum atomic E-state index is 4.60. The molecule has 0 aliphatic rings. The molecule has 0 saturated carbocycles. The second kappa shape index (κ2) is 7.40. The van der Waals surface area contributed by atoms with E-state index < -0.39 is 0 Å². The van der Waals surface area contributed by atoms with Gasteiger partial charge in [0.1, 0.15) is 0 Å². The topological polar surface area (TPSA) is 28.7 Å². The van der Waals surface area contributed by atoms with Gasteiger partial charge in [0.2, 0.25) is 0 Å². The Hall–Kier alpha value is -2.87. The van der Waals surface area contributed by atoms with Crippen LogP contribution in [-0.2, 0) is 6.42 Å². The SMILES string of the molecule is Cc1[nH]c2ccccc2c1C(Cc1ccccn1)c1ccc(C(C)C)cc1. The number of hydrogen-bond donors (Lipinski definition) is 1. The number of aromatic amines is 1. The molecule has 27 heavy (non-hydrogen) atoms. The minimum absolute atomic E-state index is 0.275. The van der Waals surface area contributed by atoms with Gasteiger partial charge in [0.15, 0.2) is 0 Å². The molecule has 136 valence electrons. The fourth-order valence-corrected chi connectivity index (χ4v) is 3.98. The van der Waals surface area contributed by atoms with Gasteiger partial charge < -0.3 is 4.98 Å². The standard InChI is InChI=1S/C25H26N2/c1-17(2)19-11-13-20(14-12-19)23(16-21-8-6-7-15-26-21)25-18(3)27-24-10-5-4-9-22(24)25/h4-15,17,23,27H,16H2,1-3H3. The van der Waals surface area contributed by atoms with Crippen LogP contribution in [0.3, 0.4) is 0 Å². The van der Waals surface area contributed by atoms with Gasteiger partial charge in [-0.05, 0) is 47.7 Å². The summed E-state index contributed by atoms with van der Waals surface area (Å²) in [7, 11) is 0. The fourth-order valence-electron chi connectivity index (χ4n) is 3.98. The molecule has 1 unspecified atom stereocenters. The molecule has 0 bridgehead atoms. The molecule has 1 atom stereocenters. The van der Waals surface area contributed by atoms with Crippen LogP contribution in [0.15, 0.2) is 72.9 Å². The Labute approximate surface area is 161 Å². The monoisotopic (exact) mass is 354 g/mol. The first-order valence-corrected chi connectivity index (χ1v) is 9.70. The molecule has 2 heterocycles. The average Bonchev–Trinajstić information content (AvgIpc) is 3.02. The Bertz CT molecular complexity index is 1030. The van der Waals surface area contributed by atoms with Crippen molar-refractivity contribution < 1.29 is 0 Å². The van der Waals surface area contributed by atoms with E-state index in [0.717, 1.165) is 12.1 Å². The molecule has 0 amide bonds. The largest absolute Gasteiger partial charge is 0.358 e. The summed E-state index contributed by atoms with van der Waals surface area (Å²) in [6.45, 7) is 6.66. The van der Waals surface area contributed by atoms with E-state index in [4.69, 9.17) is 0 Å². The van der Waals surface area contributed by atoms with Crippen LogP contribution >= 0.6 is 0 Å². The molecule has 2 heteroatoms. The number of aromatic nitrogens is 2. The molecule has 2 aromatic heterocycles. The first-order chi connectivity index (χ1) is 13.1. The van der Waals surface area contributed by atoms with Crippen molar-refractivity contribution in [3.63, 3.8) is 0 Å². The normalized spacial score (nSPS) is 12.6. The second-order valence-electron chi connectivity index (χ2n) is 7.61. The first-order valence-electron chi connectivity index (χ1n) is 9.70. The van der Waals surface area contributed by atoms with E-state index in [9.17, 15) is 0 Å². The van der Waals surface area contributed by atoms with Crippen molar-refractivity contribution in [1.82, 2.24) is 9.97 Å². The summed E-state index contributed by atoms with van der Waals surface area (Å²) in [5.41, 5.74) is 7.68. The van der Waals surface area contributed by atoms with Gasteiger partial charge in [-0.25, -0.2) is 0 Å². The number of H-pyrrole nitrogens is 1. The number of pyridine rings is 1. The molecule has 2 nitrogen and oxygen atoms in total. The number of benzene rings is 2. The summed E-state index contributed by atoms with van der Waals surface area (Å²) in [6, 6.07) is 23.9. The highest BCUT2D eigenvalue weighted by Crippen LogP contribution is 2.36. The summed E-state index contributed by atoms with van der Waals surface area (Å²) in [5.74, 6) is 0.820. The maximum Gasteiger partial charge on any atom is 0.0459 e. The number of nitrogens with zero attached hydrogens (tertiary/aromatic N) is 1. The van der Waals surface area contributed by atoms with E-state index in [1.54, 1.807) is 0 Å². The van der Waals surface area contributed by atoms with Crippen LogP contribution in [0, 0.1) is 6.92 Å². The summed E-state index contributed by atoms with van der Waals surface area (Å²) < 4.78 is 0. The van der Waals surface area contributed by atoms with Crippen molar-refractivity contribution >= 4 is 10.9 Å². The summed E-state index contributed by atoms with van der Waals surface area (Å²) >= 11 is 0. The molecular formula is C25H26N2. The highest BCUT2D eigenvalue weighted by molar-refractivity contribution is 5.85. The van der Waals surface area contributed by atoms with E-state index in [0.29, 0.717) is 5.92 Å². The van der Waals surface area contributed by atoms with Crippen LogP contribution in [0.5, 0.6) is 0 Å². The predicted octanol–water partition coefficient (Wildman–Crippen LogP) is 6.37. The molecule has 1 N–H and O–H groups in total. The molecule has 0 spiro atoms. The summed E-state index contributed by atoms with van der Waals surface area (Å²) in [6.07, 6.45) is 2.78. The minimum atomic E-state index is 0.275. The van der Waals surface area contributed by atoms with Gasteiger partial charge in [-0.3, -0.25) is 4.98 Å². The average molecular weight is 354 g/mol. The van der Waals surface area contributed by atoms with Crippen molar-refractivity contribution in [3.8, 4) is 0 Å². The van der Waals surface area contributed by atoms with Crippen molar-refractivity contribution in [2.75, 3.05) is 0 Å². The minimum Gasteiger partial charge on any atom is -0.358 e.